The minimum Gasteiger partial charge on any atom is -0.353 e. The van der Waals surface area contributed by atoms with Crippen LogP contribution in [-0.4, -0.2) is 26.6 Å². The number of nitrogens with one attached hydrogen (secondary N) is 1. The van der Waals surface area contributed by atoms with Gasteiger partial charge in [0, 0.05) is 23.5 Å². The molecule has 1 aromatic heterocycles. The van der Waals surface area contributed by atoms with Gasteiger partial charge in [0.25, 0.3) is 0 Å². The minimum atomic E-state index is 0.257. The summed E-state index contributed by atoms with van der Waals surface area (Å²) in [6.45, 7) is 7.60. The van der Waals surface area contributed by atoms with E-state index in [0.717, 1.165) is 18.2 Å². The van der Waals surface area contributed by atoms with Gasteiger partial charge in [-0.15, -0.1) is 0 Å². The molecule has 0 unspecified atom stereocenters. The first-order valence-corrected chi connectivity index (χ1v) is 7.08. The zero-order chi connectivity index (χ0) is 11.8. The first-order chi connectivity index (χ1) is 7.50. The van der Waals surface area contributed by atoms with Crippen LogP contribution in [0.4, 0.5) is 5.95 Å². The maximum atomic E-state index is 4.55. The van der Waals surface area contributed by atoms with Crippen molar-refractivity contribution in [1.29, 1.82) is 0 Å². The Hall–Kier alpha value is -0.640. The Bertz CT molecular complexity index is 366. The fourth-order valence-corrected chi connectivity index (χ4v) is 1.94. The number of anilines is 1. The number of hydrogen-bond donors (Lipinski definition) is 1. The van der Waals surface area contributed by atoms with Crippen LogP contribution in [0, 0.1) is 6.92 Å². The fourth-order valence-electron chi connectivity index (χ4n) is 1.67. The number of nitrogens with zero attached hydrogens (tertiary/aromatic N) is 2. The highest BCUT2D eigenvalue weighted by atomic mass is 32.2. The highest BCUT2D eigenvalue weighted by Gasteiger charge is 2.24. The summed E-state index contributed by atoms with van der Waals surface area (Å²) in [5, 5.41) is 3.49. The summed E-state index contributed by atoms with van der Waals surface area (Å²) in [7, 11) is 0. The molecule has 16 heavy (non-hydrogen) atoms. The van der Waals surface area contributed by atoms with Gasteiger partial charge in [-0.05, 0) is 39.9 Å². The van der Waals surface area contributed by atoms with Gasteiger partial charge in [-0.3, -0.25) is 0 Å². The van der Waals surface area contributed by atoms with E-state index in [4.69, 9.17) is 0 Å². The Morgan fingerprint density at radius 2 is 2.25 bits per heavy atom. The molecule has 1 aromatic rings. The molecule has 2 rings (SSSR count). The summed E-state index contributed by atoms with van der Waals surface area (Å²) >= 11 is 1.90. The molecule has 1 aliphatic rings. The van der Waals surface area contributed by atoms with Crippen molar-refractivity contribution in [2.45, 2.75) is 50.9 Å². The van der Waals surface area contributed by atoms with E-state index in [1.807, 2.05) is 11.8 Å². The van der Waals surface area contributed by atoms with Crippen molar-refractivity contribution >= 4 is 17.7 Å². The zero-order valence-corrected chi connectivity index (χ0v) is 11.4. The standard InChI is InChI=1S/C12H21N3S/c1-9-7-15(8-12(2,3)16-4)11(13-9)14-10-5-6-10/h7,10H,5-6,8H2,1-4H3,(H,13,14). The number of thioether (sulfide) groups is 1. The Morgan fingerprint density at radius 3 is 2.81 bits per heavy atom. The van der Waals surface area contributed by atoms with E-state index in [2.05, 4.69) is 48.1 Å². The Labute approximate surface area is 102 Å². The summed E-state index contributed by atoms with van der Waals surface area (Å²) in [5.74, 6) is 1.04. The van der Waals surface area contributed by atoms with Gasteiger partial charge in [0.2, 0.25) is 5.95 Å². The van der Waals surface area contributed by atoms with E-state index in [1.165, 1.54) is 12.8 Å². The molecule has 0 radical (unpaired) electrons. The highest BCUT2D eigenvalue weighted by Crippen LogP contribution is 2.28. The van der Waals surface area contributed by atoms with Gasteiger partial charge in [0.1, 0.15) is 0 Å². The lowest BCUT2D eigenvalue weighted by Crippen LogP contribution is -2.23. The van der Waals surface area contributed by atoms with E-state index in [0.29, 0.717) is 6.04 Å². The first-order valence-electron chi connectivity index (χ1n) is 5.86. The lowest BCUT2D eigenvalue weighted by molar-refractivity contribution is 0.571. The minimum absolute atomic E-state index is 0.257. The molecule has 0 aliphatic heterocycles. The van der Waals surface area contributed by atoms with E-state index in [-0.39, 0.29) is 4.75 Å². The number of imidazole rings is 1. The average Bonchev–Trinajstić information content (AvgIpc) is 2.93. The average molecular weight is 239 g/mol. The van der Waals surface area contributed by atoms with Crippen LogP contribution in [0.15, 0.2) is 6.20 Å². The molecule has 1 fully saturated rings. The third-order valence-corrected chi connectivity index (χ3v) is 4.15. The summed E-state index contributed by atoms with van der Waals surface area (Å²) in [6.07, 6.45) is 6.89. The van der Waals surface area contributed by atoms with Gasteiger partial charge in [-0.1, -0.05) is 0 Å². The van der Waals surface area contributed by atoms with Crippen molar-refractivity contribution in [3.63, 3.8) is 0 Å². The SMILES string of the molecule is CSC(C)(C)Cn1cc(C)nc1NC1CC1. The molecule has 3 nitrogen and oxygen atoms in total. The zero-order valence-electron chi connectivity index (χ0n) is 10.6. The molecule has 1 N–H and O–H groups in total. The van der Waals surface area contributed by atoms with Crippen LogP contribution in [0.3, 0.4) is 0 Å². The van der Waals surface area contributed by atoms with Crippen LogP contribution >= 0.6 is 11.8 Å². The van der Waals surface area contributed by atoms with Gasteiger partial charge in [-0.2, -0.15) is 11.8 Å². The molecular formula is C12H21N3S. The Balaban J connectivity index is 2.11. The molecule has 0 amide bonds. The predicted octanol–water partition coefficient (Wildman–Crippen LogP) is 2.91. The van der Waals surface area contributed by atoms with E-state index >= 15 is 0 Å². The molecule has 1 saturated carbocycles. The highest BCUT2D eigenvalue weighted by molar-refractivity contribution is 7.99. The van der Waals surface area contributed by atoms with E-state index in [9.17, 15) is 0 Å². The van der Waals surface area contributed by atoms with Crippen molar-refractivity contribution in [2.75, 3.05) is 11.6 Å². The van der Waals surface area contributed by atoms with Crippen molar-refractivity contribution in [3.05, 3.63) is 11.9 Å². The molecule has 0 saturated heterocycles. The first kappa shape index (κ1) is 11.8. The third kappa shape index (κ3) is 2.94. The topological polar surface area (TPSA) is 29.9 Å². The van der Waals surface area contributed by atoms with Crippen LogP contribution in [0.1, 0.15) is 32.4 Å². The maximum absolute atomic E-state index is 4.55. The molecule has 90 valence electrons. The van der Waals surface area contributed by atoms with Gasteiger partial charge in [-0.25, -0.2) is 4.98 Å². The van der Waals surface area contributed by atoms with Crippen molar-refractivity contribution in [3.8, 4) is 0 Å². The molecule has 4 heteroatoms. The normalized spacial score (nSPS) is 16.5. The van der Waals surface area contributed by atoms with Gasteiger partial charge in [0.05, 0.1) is 5.69 Å². The summed E-state index contributed by atoms with van der Waals surface area (Å²) in [6, 6.07) is 0.665. The Morgan fingerprint density at radius 1 is 1.56 bits per heavy atom. The summed E-state index contributed by atoms with van der Waals surface area (Å²) in [5.41, 5.74) is 1.10. The third-order valence-electron chi connectivity index (χ3n) is 2.91. The molecule has 0 aromatic carbocycles. The number of rotatable bonds is 5. The lowest BCUT2D eigenvalue weighted by Gasteiger charge is -2.23. The van der Waals surface area contributed by atoms with Crippen LogP contribution < -0.4 is 5.32 Å². The quantitative estimate of drug-likeness (QED) is 0.857. The van der Waals surface area contributed by atoms with Crippen LogP contribution in [-0.2, 0) is 6.54 Å². The Kier molecular flexibility index (Phi) is 3.19. The maximum Gasteiger partial charge on any atom is 0.203 e. The number of hydrogen-bond acceptors (Lipinski definition) is 3. The second kappa shape index (κ2) is 4.32. The van der Waals surface area contributed by atoms with E-state index in [1.54, 1.807) is 0 Å². The summed E-state index contributed by atoms with van der Waals surface area (Å²) < 4.78 is 2.51. The lowest BCUT2D eigenvalue weighted by atomic mass is 10.2. The van der Waals surface area contributed by atoms with E-state index < -0.39 is 0 Å². The van der Waals surface area contributed by atoms with Crippen LogP contribution in [0.25, 0.3) is 0 Å². The molecule has 1 heterocycles. The van der Waals surface area contributed by atoms with Crippen molar-refractivity contribution in [2.24, 2.45) is 0 Å². The van der Waals surface area contributed by atoms with Gasteiger partial charge in [0.15, 0.2) is 0 Å². The van der Waals surface area contributed by atoms with Crippen LogP contribution in [0.5, 0.6) is 0 Å². The van der Waals surface area contributed by atoms with Crippen molar-refractivity contribution in [1.82, 2.24) is 9.55 Å². The molecule has 1 aliphatic carbocycles. The predicted molar refractivity (Wildman–Crippen MR) is 71.2 cm³/mol. The molecule has 0 bridgehead atoms. The second-order valence-corrected chi connectivity index (χ2v) is 6.73. The molecule has 0 atom stereocenters. The fraction of sp³-hybridized carbons (Fsp3) is 0.750. The second-order valence-electron chi connectivity index (χ2n) is 5.22. The summed E-state index contributed by atoms with van der Waals surface area (Å²) in [4.78, 5) is 4.55. The van der Waals surface area contributed by atoms with Gasteiger partial charge >= 0.3 is 0 Å². The van der Waals surface area contributed by atoms with Crippen molar-refractivity contribution < 1.29 is 0 Å². The monoisotopic (exact) mass is 239 g/mol. The number of aryl methyl sites for hydroxylation is 1. The number of aromatic nitrogens is 2. The molecular weight excluding hydrogens is 218 g/mol. The van der Waals surface area contributed by atoms with Crippen LogP contribution in [0.2, 0.25) is 0 Å². The smallest absolute Gasteiger partial charge is 0.203 e. The van der Waals surface area contributed by atoms with Gasteiger partial charge < -0.3 is 9.88 Å². The largest absolute Gasteiger partial charge is 0.353 e. The molecule has 0 spiro atoms.